The highest BCUT2D eigenvalue weighted by Crippen LogP contribution is 2.25. The fourth-order valence-corrected chi connectivity index (χ4v) is 2.25. The van der Waals surface area contributed by atoms with Crippen LogP contribution in [0.25, 0.3) is 0 Å². The van der Waals surface area contributed by atoms with E-state index in [0.717, 1.165) is 18.2 Å². The van der Waals surface area contributed by atoms with Crippen LogP contribution in [0.3, 0.4) is 0 Å². The van der Waals surface area contributed by atoms with Crippen LogP contribution >= 0.6 is 11.5 Å². The molecule has 1 aromatic rings. The van der Waals surface area contributed by atoms with Gasteiger partial charge in [-0.25, -0.2) is 0 Å². The van der Waals surface area contributed by atoms with Crippen molar-refractivity contribution < 1.29 is 4.74 Å². The van der Waals surface area contributed by atoms with Gasteiger partial charge in [0.1, 0.15) is 10.7 Å². The summed E-state index contributed by atoms with van der Waals surface area (Å²) in [6.45, 7) is 1.36. The van der Waals surface area contributed by atoms with Crippen molar-refractivity contribution in [1.82, 2.24) is 9.59 Å². The predicted octanol–water partition coefficient (Wildman–Crippen LogP) is 1.83. The Balaban J connectivity index is 1.70. The van der Waals surface area contributed by atoms with Crippen LogP contribution in [0, 0.1) is 5.92 Å². The van der Waals surface area contributed by atoms with Gasteiger partial charge in [-0.3, -0.25) is 0 Å². The second kappa shape index (κ2) is 4.70. The number of nitrogens with zero attached hydrogens (tertiary/aromatic N) is 2. The summed E-state index contributed by atoms with van der Waals surface area (Å²) in [5.74, 6) is 0.753. The highest BCUT2D eigenvalue weighted by molar-refractivity contribution is 7.09. The molecule has 0 spiro atoms. The summed E-state index contributed by atoms with van der Waals surface area (Å²) < 4.78 is 9.33. The van der Waals surface area contributed by atoms with Gasteiger partial charge >= 0.3 is 0 Å². The Kier molecular flexibility index (Phi) is 3.31. The minimum Gasteiger partial charge on any atom is -0.388 e. The molecule has 0 amide bonds. The van der Waals surface area contributed by atoms with Crippen molar-refractivity contribution in [3.63, 3.8) is 0 Å². The molecule has 1 heterocycles. The highest BCUT2D eigenvalue weighted by Gasteiger charge is 2.15. The van der Waals surface area contributed by atoms with E-state index in [1.54, 1.807) is 0 Å². The van der Waals surface area contributed by atoms with Crippen molar-refractivity contribution in [2.45, 2.75) is 32.3 Å². The third kappa shape index (κ3) is 2.42. The Morgan fingerprint density at radius 3 is 2.86 bits per heavy atom. The van der Waals surface area contributed by atoms with E-state index in [-0.39, 0.29) is 0 Å². The first-order valence-corrected chi connectivity index (χ1v) is 5.78. The van der Waals surface area contributed by atoms with Gasteiger partial charge in [-0.2, -0.15) is 0 Å². The van der Waals surface area contributed by atoms with E-state index in [2.05, 4.69) is 9.59 Å². The van der Waals surface area contributed by atoms with Crippen LogP contribution in [0.15, 0.2) is 0 Å². The maximum absolute atomic E-state index is 5.65. The van der Waals surface area contributed by atoms with E-state index in [0.29, 0.717) is 11.6 Å². The molecule has 1 saturated carbocycles. The lowest BCUT2D eigenvalue weighted by atomic mass is 10.1. The van der Waals surface area contributed by atoms with Gasteiger partial charge in [0.05, 0.1) is 6.61 Å². The lowest BCUT2D eigenvalue weighted by Gasteiger charge is -2.08. The molecule has 0 radical (unpaired) electrons. The van der Waals surface area contributed by atoms with Crippen molar-refractivity contribution >= 4 is 16.5 Å². The molecule has 1 aromatic heterocycles. The Bertz CT molecular complexity index is 283. The summed E-state index contributed by atoms with van der Waals surface area (Å²) in [6, 6.07) is 0. The molecule has 0 saturated heterocycles. The van der Waals surface area contributed by atoms with Gasteiger partial charge in [0.15, 0.2) is 0 Å². The molecule has 5 heteroatoms. The van der Waals surface area contributed by atoms with E-state index in [1.807, 2.05) is 0 Å². The van der Waals surface area contributed by atoms with Crippen molar-refractivity contribution in [3.8, 4) is 0 Å². The van der Waals surface area contributed by atoms with Crippen molar-refractivity contribution in [2.24, 2.45) is 5.92 Å². The second-order valence-corrected chi connectivity index (χ2v) is 4.54. The quantitative estimate of drug-likeness (QED) is 0.828. The molecule has 4 nitrogen and oxygen atoms in total. The third-order valence-electron chi connectivity index (χ3n) is 2.65. The molecule has 78 valence electrons. The molecular formula is C9H15N3OS. The maximum Gasteiger partial charge on any atom is 0.133 e. The molecule has 14 heavy (non-hydrogen) atoms. The number of nitrogens with two attached hydrogens (primary N) is 1. The number of aromatic nitrogens is 2. The third-order valence-corrected chi connectivity index (χ3v) is 3.25. The van der Waals surface area contributed by atoms with Gasteiger partial charge in [0.25, 0.3) is 0 Å². The first kappa shape index (κ1) is 9.86. The first-order chi connectivity index (χ1) is 6.86. The minimum atomic E-state index is 0.513. The van der Waals surface area contributed by atoms with Crippen LogP contribution in [0.2, 0.25) is 0 Å². The fraction of sp³-hybridized carbons (Fsp3) is 0.778. The Hall–Kier alpha value is -0.680. The lowest BCUT2D eigenvalue weighted by molar-refractivity contribution is 0.0870. The van der Waals surface area contributed by atoms with Crippen molar-refractivity contribution in [1.29, 1.82) is 0 Å². The summed E-state index contributed by atoms with van der Waals surface area (Å²) >= 11 is 1.22. The summed E-state index contributed by atoms with van der Waals surface area (Å²) in [6.07, 6.45) is 5.33. The largest absolute Gasteiger partial charge is 0.388 e. The monoisotopic (exact) mass is 213 g/mol. The standard InChI is InChI=1S/C9H15N3OS/c10-9-8(11-12-14-9)6-13-5-7-3-1-2-4-7/h7H,1-6,10H2. The average molecular weight is 213 g/mol. The number of anilines is 1. The zero-order valence-corrected chi connectivity index (χ0v) is 8.92. The van der Waals surface area contributed by atoms with E-state index >= 15 is 0 Å². The molecule has 1 fully saturated rings. The van der Waals surface area contributed by atoms with Crippen LogP contribution in [0.5, 0.6) is 0 Å². The Morgan fingerprint density at radius 2 is 2.21 bits per heavy atom. The van der Waals surface area contributed by atoms with Crippen LogP contribution in [0.4, 0.5) is 5.00 Å². The lowest BCUT2D eigenvalue weighted by Crippen LogP contribution is -2.06. The molecule has 2 N–H and O–H groups in total. The molecule has 0 aromatic carbocycles. The Morgan fingerprint density at radius 1 is 1.43 bits per heavy atom. The normalized spacial score (nSPS) is 17.7. The molecule has 0 unspecified atom stereocenters. The number of rotatable bonds is 4. The Labute approximate surface area is 87.6 Å². The highest BCUT2D eigenvalue weighted by atomic mass is 32.1. The number of hydrogen-bond donors (Lipinski definition) is 1. The number of ether oxygens (including phenoxy) is 1. The van der Waals surface area contributed by atoms with Gasteiger partial charge in [-0.05, 0) is 18.8 Å². The molecule has 0 atom stereocenters. The molecule has 2 rings (SSSR count). The molecule has 0 aliphatic heterocycles. The van der Waals surface area contributed by atoms with Crippen LogP contribution in [-0.4, -0.2) is 16.2 Å². The predicted molar refractivity (Wildman–Crippen MR) is 55.9 cm³/mol. The average Bonchev–Trinajstić information content (AvgIpc) is 2.78. The SMILES string of the molecule is Nc1snnc1COCC1CCCC1. The topological polar surface area (TPSA) is 61.0 Å². The zero-order chi connectivity index (χ0) is 9.80. The number of nitrogen functional groups attached to an aromatic ring is 1. The van der Waals surface area contributed by atoms with Crippen LogP contribution in [0.1, 0.15) is 31.4 Å². The zero-order valence-electron chi connectivity index (χ0n) is 8.11. The van der Waals surface area contributed by atoms with Gasteiger partial charge in [0, 0.05) is 18.1 Å². The second-order valence-electron chi connectivity index (χ2n) is 3.75. The van der Waals surface area contributed by atoms with Gasteiger partial charge in [0.2, 0.25) is 0 Å². The smallest absolute Gasteiger partial charge is 0.133 e. The summed E-state index contributed by atoms with van der Waals surface area (Å²) in [5.41, 5.74) is 6.43. The van der Waals surface area contributed by atoms with Gasteiger partial charge < -0.3 is 10.5 Å². The summed E-state index contributed by atoms with van der Waals surface area (Å²) in [5, 5.41) is 4.58. The molecule has 0 bridgehead atoms. The maximum atomic E-state index is 5.65. The summed E-state index contributed by atoms with van der Waals surface area (Å²) in [4.78, 5) is 0. The first-order valence-electron chi connectivity index (χ1n) is 5.00. The van der Waals surface area contributed by atoms with Gasteiger partial charge in [-0.1, -0.05) is 17.3 Å². The molecule has 1 aliphatic carbocycles. The fourth-order valence-electron chi connectivity index (χ4n) is 1.81. The van der Waals surface area contributed by atoms with Crippen molar-refractivity contribution in [3.05, 3.63) is 5.69 Å². The molecule has 1 aliphatic rings. The van der Waals surface area contributed by atoms with E-state index in [4.69, 9.17) is 10.5 Å². The van der Waals surface area contributed by atoms with Crippen LogP contribution < -0.4 is 5.73 Å². The molecular weight excluding hydrogens is 198 g/mol. The van der Waals surface area contributed by atoms with E-state index in [9.17, 15) is 0 Å². The van der Waals surface area contributed by atoms with Gasteiger partial charge in [-0.15, -0.1) is 5.10 Å². The van der Waals surface area contributed by atoms with E-state index in [1.165, 1.54) is 37.2 Å². The van der Waals surface area contributed by atoms with E-state index < -0.39 is 0 Å². The summed E-state index contributed by atoms with van der Waals surface area (Å²) in [7, 11) is 0. The number of hydrogen-bond acceptors (Lipinski definition) is 5. The van der Waals surface area contributed by atoms with Crippen molar-refractivity contribution in [2.75, 3.05) is 12.3 Å². The minimum absolute atomic E-state index is 0.513. The van der Waals surface area contributed by atoms with Crippen LogP contribution in [-0.2, 0) is 11.3 Å².